The molecule has 0 aromatic heterocycles. The van der Waals surface area contributed by atoms with Gasteiger partial charge in [0.2, 0.25) is 0 Å². The van der Waals surface area contributed by atoms with E-state index in [0.717, 1.165) is 0 Å². The molecule has 1 rings (SSSR count). The molecule has 1 aromatic carbocycles. The quantitative estimate of drug-likeness (QED) is 0.448. The summed E-state index contributed by atoms with van der Waals surface area (Å²) in [5.74, 6) is -1.26. The average Bonchev–Trinajstić information content (AvgIpc) is 2.25. The Labute approximate surface area is 107 Å². The zero-order valence-corrected chi connectivity index (χ0v) is 10.0. The van der Waals surface area contributed by atoms with Crippen LogP contribution in [0.15, 0.2) is 17.3 Å². The molecule has 0 aliphatic rings. The second-order valence-electron chi connectivity index (χ2n) is 3.22. The molecule has 0 heterocycles. The molecule has 0 unspecified atom stereocenters. The van der Waals surface area contributed by atoms with E-state index in [0.29, 0.717) is 0 Å². The summed E-state index contributed by atoms with van der Waals surface area (Å²) in [5, 5.41) is 30.2. The molecular weight excluding hydrogens is 269 g/mol. The number of benzene rings is 1. The van der Waals surface area contributed by atoms with Crippen molar-refractivity contribution < 1.29 is 20.2 Å². The largest absolute Gasteiger partial charge is 0.507 e. The molecule has 0 saturated heterocycles. The van der Waals surface area contributed by atoms with E-state index in [-0.39, 0.29) is 39.9 Å². The molecule has 5 nitrogen and oxygen atoms in total. The maximum Gasteiger partial charge on any atom is 0.303 e. The number of carboxylic acids is 1. The molecule has 0 atom stereocenters. The molecule has 0 radical (unpaired) electrons. The minimum Gasteiger partial charge on any atom is -0.507 e. The fourth-order valence-electron chi connectivity index (χ4n) is 1.23. The first-order chi connectivity index (χ1) is 7.95. The Hall–Kier alpha value is -1.46. The lowest BCUT2D eigenvalue weighted by molar-refractivity contribution is -0.136. The number of phenols is 1. The highest BCUT2D eigenvalue weighted by atomic mass is 35.5. The summed E-state index contributed by atoms with van der Waals surface area (Å²) >= 11 is 11.4. The molecule has 1 aromatic rings. The van der Waals surface area contributed by atoms with E-state index in [4.69, 9.17) is 33.5 Å². The molecule has 0 spiro atoms. The average molecular weight is 278 g/mol. The van der Waals surface area contributed by atoms with Crippen molar-refractivity contribution >= 4 is 34.9 Å². The molecule has 0 aliphatic carbocycles. The third-order valence-electron chi connectivity index (χ3n) is 2.05. The summed E-state index contributed by atoms with van der Waals surface area (Å²) < 4.78 is 0. The second kappa shape index (κ2) is 5.75. The van der Waals surface area contributed by atoms with E-state index in [2.05, 4.69) is 5.16 Å². The van der Waals surface area contributed by atoms with Gasteiger partial charge in [-0.05, 0) is 6.07 Å². The smallest absolute Gasteiger partial charge is 0.303 e. The van der Waals surface area contributed by atoms with Crippen LogP contribution in [0.5, 0.6) is 5.75 Å². The summed E-state index contributed by atoms with van der Waals surface area (Å²) in [6.07, 6.45) is -0.254. The third kappa shape index (κ3) is 3.51. The summed E-state index contributed by atoms with van der Waals surface area (Å²) in [4.78, 5) is 10.4. The lowest BCUT2D eigenvalue weighted by Gasteiger charge is -2.07. The van der Waals surface area contributed by atoms with Crippen LogP contribution in [0.25, 0.3) is 0 Å². The Morgan fingerprint density at radius 1 is 1.24 bits per heavy atom. The summed E-state index contributed by atoms with van der Waals surface area (Å²) in [6.45, 7) is 0. The van der Waals surface area contributed by atoms with Gasteiger partial charge in [-0.2, -0.15) is 0 Å². The van der Waals surface area contributed by atoms with Crippen LogP contribution in [-0.4, -0.2) is 27.1 Å². The standard InChI is InChI=1S/C10H9Cl2NO4/c11-6-3-5(9(14)4-7(6)12)8(13-17)1-2-10(15)16/h3-4,14,17H,1-2H2,(H,15,16)/b13-8-. The Morgan fingerprint density at radius 2 is 1.82 bits per heavy atom. The number of hydrogen-bond acceptors (Lipinski definition) is 4. The monoisotopic (exact) mass is 277 g/mol. The Bertz CT molecular complexity index is 474. The van der Waals surface area contributed by atoms with Crippen LogP contribution in [0.3, 0.4) is 0 Å². The summed E-state index contributed by atoms with van der Waals surface area (Å²) in [6, 6.07) is 2.52. The third-order valence-corrected chi connectivity index (χ3v) is 2.77. The van der Waals surface area contributed by atoms with Crippen LogP contribution in [0.1, 0.15) is 18.4 Å². The van der Waals surface area contributed by atoms with Crippen LogP contribution < -0.4 is 0 Å². The molecule has 92 valence electrons. The molecule has 0 amide bonds. The van der Waals surface area contributed by atoms with Crippen molar-refractivity contribution in [3.05, 3.63) is 27.7 Å². The highest BCUT2D eigenvalue weighted by Crippen LogP contribution is 2.30. The van der Waals surface area contributed by atoms with E-state index in [1.165, 1.54) is 12.1 Å². The van der Waals surface area contributed by atoms with Crippen molar-refractivity contribution in [2.75, 3.05) is 0 Å². The van der Waals surface area contributed by atoms with Crippen molar-refractivity contribution in [1.29, 1.82) is 0 Å². The van der Waals surface area contributed by atoms with Gasteiger partial charge in [0.25, 0.3) is 0 Å². The van der Waals surface area contributed by atoms with E-state index in [9.17, 15) is 9.90 Å². The first-order valence-electron chi connectivity index (χ1n) is 4.56. The second-order valence-corrected chi connectivity index (χ2v) is 4.04. The van der Waals surface area contributed by atoms with E-state index in [1.807, 2.05) is 0 Å². The normalized spacial score (nSPS) is 11.5. The zero-order valence-electron chi connectivity index (χ0n) is 8.52. The number of halogens is 2. The van der Waals surface area contributed by atoms with Gasteiger partial charge in [0.15, 0.2) is 0 Å². The molecule has 0 aliphatic heterocycles. The number of rotatable bonds is 4. The maximum atomic E-state index is 10.4. The molecule has 0 bridgehead atoms. The number of phenolic OH excluding ortho intramolecular Hbond substituents is 1. The number of nitrogens with zero attached hydrogens (tertiary/aromatic N) is 1. The highest BCUT2D eigenvalue weighted by molar-refractivity contribution is 6.42. The minimum atomic E-state index is -1.04. The Kier molecular flexibility index (Phi) is 4.60. The number of carbonyl (C=O) groups is 1. The fourth-order valence-corrected chi connectivity index (χ4v) is 1.55. The lowest BCUT2D eigenvalue weighted by Crippen LogP contribution is -2.05. The van der Waals surface area contributed by atoms with Gasteiger partial charge in [-0.25, -0.2) is 0 Å². The van der Waals surface area contributed by atoms with Gasteiger partial charge < -0.3 is 15.4 Å². The number of aliphatic carboxylic acids is 1. The SMILES string of the molecule is O=C(O)CC/C(=N/O)c1cc(Cl)c(Cl)cc1O. The van der Waals surface area contributed by atoms with Crippen LogP contribution in [0.2, 0.25) is 10.0 Å². The number of oxime groups is 1. The number of aromatic hydroxyl groups is 1. The maximum absolute atomic E-state index is 10.4. The van der Waals surface area contributed by atoms with Gasteiger partial charge in [0.1, 0.15) is 5.75 Å². The van der Waals surface area contributed by atoms with Crippen LogP contribution in [0, 0.1) is 0 Å². The van der Waals surface area contributed by atoms with E-state index >= 15 is 0 Å². The van der Waals surface area contributed by atoms with Gasteiger partial charge in [-0.15, -0.1) is 0 Å². The summed E-state index contributed by atoms with van der Waals surface area (Å²) in [5.41, 5.74) is 0.187. The van der Waals surface area contributed by atoms with Gasteiger partial charge >= 0.3 is 5.97 Å². The number of carboxylic acid groups (broad SMARTS) is 1. The molecule has 17 heavy (non-hydrogen) atoms. The Balaban J connectivity index is 3.05. The summed E-state index contributed by atoms with van der Waals surface area (Å²) in [7, 11) is 0. The predicted molar refractivity (Wildman–Crippen MR) is 63.3 cm³/mol. The van der Waals surface area contributed by atoms with E-state index < -0.39 is 5.97 Å². The fraction of sp³-hybridized carbons (Fsp3) is 0.200. The first-order valence-corrected chi connectivity index (χ1v) is 5.32. The van der Waals surface area contributed by atoms with Crippen LogP contribution in [0.4, 0.5) is 0 Å². The van der Waals surface area contributed by atoms with Gasteiger partial charge in [0, 0.05) is 18.1 Å². The van der Waals surface area contributed by atoms with Crippen molar-refractivity contribution in [3.63, 3.8) is 0 Å². The molecule has 3 N–H and O–H groups in total. The van der Waals surface area contributed by atoms with Crippen molar-refractivity contribution in [3.8, 4) is 5.75 Å². The lowest BCUT2D eigenvalue weighted by atomic mass is 10.0. The van der Waals surface area contributed by atoms with E-state index in [1.54, 1.807) is 0 Å². The highest BCUT2D eigenvalue weighted by Gasteiger charge is 2.14. The first kappa shape index (κ1) is 13.6. The number of hydrogen-bond donors (Lipinski definition) is 3. The Morgan fingerprint density at radius 3 is 2.35 bits per heavy atom. The van der Waals surface area contributed by atoms with Crippen LogP contribution in [-0.2, 0) is 4.79 Å². The topological polar surface area (TPSA) is 90.1 Å². The zero-order chi connectivity index (χ0) is 13.0. The van der Waals surface area contributed by atoms with Crippen LogP contribution >= 0.6 is 23.2 Å². The molecule has 0 saturated carbocycles. The van der Waals surface area contributed by atoms with Crippen molar-refractivity contribution in [2.24, 2.45) is 5.16 Å². The van der Waals surface area contributed by atoms with Gasteiger partial charge in [0.05, 0.1) is 22.2 Å². The molecule has 7 heteroatoms. The minimum absolute atomic E-state index is 0.0304. The van der Waals surface area contributed by atoms with Crippen molar-refractivity contribution in [1.82, 2.24) is 0 Å². The molecule has 0 fully saturated rings. The van der Waals surface area contributed by atoms with Gasteiger partial charge in [-0.3, -0.25) is 4.79 Å². The molecular formula is C10H9Cl2NO4. The van der Waals surface area contributed by atoms with Gasteiger partial charge in [-0.1, -0.05) is 28.4 Å². The van der Waals surface area contributed by atoms with Crippen molar-refractivity contribution in [2.45, 2.75) is 12.8 Å². The predicted octanol–water partition coefficient (Wildman–Crippen LogP) is 2.74.